The smallest absolute Gasteiger partial charge is 0.309 e. The lowest BCUT2D eigenvalue weighted by Gasteiger charge is -2.20. The monoisotopic (exact) mass is 490 g/mol. The van der Waals surface area contributed by atoms with Crippen LogP contribution >= 0.6 is 22.7 Å². The minimum atomic E-state index is -0.814. The Bertz CT molecular complexity index is 1090. The maximum Gasteiger partial charge on any atom is 0.309 e. The summed E-state index contributed by atoms with van der Waals surface area (Å²) in [7, 11) is 0. The van der Waals surface area contributed by atoms with Crippen molar-refractivity contribution in [2.45, 2.75) is 66.2 Å². The lowest BCUT2D eigenvalue weighted by Crippen LogP contribution is -2.23. The molecule has 0 saturated heterocycles. The minimum absolute atomic E-state index is 0.0344. The maximum atomic E-state index is 12.1. The summed E-state index contributed by atoms with van der Waals surface area (Å²) in [5.74, 6) is -0.814. The van der Waals surface area contributed by atoms with E-state index in [1.54, 1.807) is 49.4 Å². The van der Waals surface area contributed by atoms with Crippen LogP contribution in [0.3, 0.4) is 0 Å². The van der Waals surface area contributed by atoms with E-state index in [-0.39, 0.29) is 22.9 Å². The SMILES string of the molecule is CC(C)(CO)CCCc1cc(=O)cc(/C=C\c2cc(=O)cc(CCCC(C)(C)C(=O)O)s2)s1. The fraction of sp³-hybridized carbons (Fsp3) is 0.500. The van der Waals surface area contributed by atoms with Gasteiger partial charge in [0.05, 0.1) is 5.41 Å². The van der Waals surface area contributed by atoms with Crippen LogP contribution in [0.1, 0.15) is 72.9 Å². The molecule has 2 N–H and O–H groups in total. The Morgan fingerprint density at radius 3 is 1.73 bits per heavy atom. The summed E-state index contributed by atoms with van der Waals surface area (Å²) < 4.78 is 0. The third-order valence-electron chi connectivity index (χ3n) is 5.59. The number of hydrogen-bond donors (Lipinski definition) is 2. The van der Waals surface area contributed by atoms with E-state index in [2.05, 4.69) is 0 Å². The normalized spacial score (nSPS) is 12.4. The van der Waals surface area contributed by atoms with Crippen molar-refractivity contribution < 1.29 is 15.0 Å². The fourth-order valence-electron chi connectivity index (χ4n) is 3.31. The van der Waals surface area contributed by atoms with Crippen molar-refractivity contribution in [1.82, 2.24) is 0 Å². The van der Waals surface area contributed by atoms with Gasteiger partial charge < -0.3 is 10.2 Å². The molecule has 0 aromatic carbocycles. The molecule has 0 atom stereocenters. The molecule has 7 heteroatoms. The fourth-order valence-corrected chi connectivity index (χ4v) is 5.38. The van der Waals surface area contributed by atoms with Crippen LogP contribution in [0.4, 0.5) is 0 Å². The first-order chi connectivity index (χ1) is 15.4. The highest BCUT2D eigenvalue weighted by molar-refractivity contribution is 7.13. The molecule has 0 bridgehead atoms. The van der Waals surface area contributed by atoms with Crippen LogP contribution in [-0.4, -0.2) is 22.8 Å². The Morgan fingerprint density at radius 1 is 0.848 bits per heavy atom. The highest BCUT2D eigenvalue weighted by Gasteiger charge is 2.26. The molecular weight excluding hydrogens is 456 g/mol. The number of carbonyl (C=O) groups is 1. The van der Waals surface area contributed by atoms with Gasteiger partial charge in [-0.1, -0.05) is 13.8 Å². The van der Waals surface area contributed by atoms with E-state index in [0.717, 1.165) is 38.8 Å². The van der Waals surface area contributed by atoms with Crippen molar-refractivity contribution in [1.29, 1.82) is 0 Å². The molecule has 2 aromatic rings. The van der Waals surface area contributed by atoms with Crippen LogP contribution in [0.15, 0.2) is 33.9 Å². The van der Waals surface area contributed by atoms with E-state index < -0.39 is 11.4 Å². The lowest BCUT2D eigenvalue weighted by atomic mass is 9.87. The quantitative estimate of drug-likeness (QED) is 0.411. The topological polar surface area (TPSA) is 91.7 Å². The molecule has 0 unspecified atom stereocenters. The van der Waals surface area contributed by atoms with Crippen LogP contribution in [0.25, 0.3) is 12.2 Å². The van der Waals surface area contributed by atoms with E-state index in [0.29, 0.717) is 19.3 Å². The van der Waals surface area contributed by atoms with Crippen molar-refractivity contribution in [3.63, 3.8) is 0 Å². The number of aliphatic carboxylic acids is 1. The Morgan fingerprint density at radius 2 is 1.30 bits per heavy atom. The molecule has 0 aliphatic heterocycles. The number of aryl methyl sites for hydroxylation is 2. The van der Waals surface area contributed by atoms with Gasteiger partial charge in [0.1, 0.15) is 0 Å². The number of carboxylic acid groups (broad SMARTS) is 1. The molecule has 2 heterocycles. The first-order valence-electron chi connectivity index (χ1n) is 11.2. The van der Waals surface area contributed by atoms with Crippen LogP contribution in [0, 0.1) is 10.8 Å². The highest BCUT2D eigenvalue weighted by Crippen LogP contribution is 2.26. The molecule has 2 rings (SSSR count). The van der Waals surface area contributed by atoms with Gasteiger partial charge in [-0.15, -0.1) is 22.7 Å². The predicted octanol–water partition coefficient (Wildman–Crippen LogP) is 5.48. The number of hydrogen-bond acceptors (Lipinski definition) is 6. The van der Waals surface area contributed by atoms with Crippen LogP contribution < -0.4 is 10.9 Å². The molecule has 0 aliphatic rings. The zero-order valence-electron chi connectivity index (χ0n) is 19.8. The Kier molecular flexibility index (Phi) is 9.76. The summed E-state index contributed by atoms with van der Waals surface area (Å²) in [6, 6.07) is 6.46. The number of rotatable bonds is 12. The highest BCUT2D eigenvalue weighted by atomic mass is 32.1. The second-order valence-corrected chi connectivity index (χ2v) is 12.3. The van der Waals surface area contributed by atoms with Crippen molar-refractivity contribution in [2.24, 2.45) is 10.8 Å². The molecule has 0 fully saturated rings. The molecular formula is C26H34O5S2. The predicted molar refractivity (Wildman–Crippen MR) is 138 cm³/mol. The molecule has 5 nitrogen and oxygen atoms in total. The van der Waals surface area contributed by atoms with Crippen molar-refractivity contribution in [3.05, 3.63) is 64.2 Å². The molecule has 0 aliphatic carbocycles. The molecule has 0 saturated carbocycles. The molecule has 2 aromatic heterocycles. The van der Waals surface area contributed by atoms with Crippen molar-refractivity contribution in [2.75, 3.05) is 6.61 Å². The number of carboxylic acids is 1. The van der Waals surface area contributed by atoms with Crippen LogP contribution in [-0.2, 0) is 17.6 Å². The van der Waals surface area contributed by atoms with E-state index in [1.807, 2.05) is 26.0 Å². The van der Waals surface area contributed by atoms with E-state index in [1.165, 1.54) is 11.3 Å². The lowest BCUT2D eigenvalue weighted by molar-refractivity contribution is -0.147. The molecule has 0 amide bonds. The standard InChI is InChI=1S/C26H34O5S2/c1-25(2,17-27)11-5-7-20-13-18(28)15-22(32-20)9-10-23-16-19(29)14-21(33-23)8-6-12-26(3,4)24(30)31/h9-10,13-16,27H,5-8,11-12,17H2,1-4H3,(H,30,31)/b10-9-. The van der Waals surface area contributed by atoms with Gasteiger partial charge in [0.2, 0.25) is 0 Å². The molecule has 33 heavy (non-hydrogen) atoms. The van der Waals surface area contributed by atoms with Gasteiger partial charge in [-0.2, -0.15) is 0 Å². The van der Waals surface area contributed by atoms with Crippen LogP contribution in [0.2, 0.25) is 0 Å². The number of aliphatic hydroxyl groups is 1. The summed E-state index contributed by atoms with van der Waals surface area (Å²) in [5.41, 5.74) is -1.00. The summed E-state index contributed by atoms with van der Waals surface area (Å²) >= 11 is 3.07. The third kappa shape index (κ3) is 9.35. The molecule has 180 valence electrons. The third-order valence-corrected chi connectivity index (χ3v) is 7.74. The van der Waals surface area contributed by atoms with Gasteiger partial charge in [-0.3, -0.25) is 14.4 Å². The van der Waals surface area contributed by atoms with Gasteiger partial charge in [-0.05, 0) is 82.1 Å². The number of aliphatic hydroxyl groups excluding tert-OH is 1. The molecule has 0 radical (unpaired) electrons. The van der Waals surface area contributed by atoms with E-state index in [9.17, 15) is 24.6 Å². The Balaban J connectivity index is 2.08. The summed E-state index contributed by atoms with van der Waals surface area (Å²) in [4.78, 5) is 39.1. The van der Waals surface area contributed by atoms with E-state index >= 15 is 0 Å². The zero-order valence-corrected chi connectivity index (χ0v) is 21.5. The summed E-state index contributed by atoms with van der Waals surface area (Å²) in [6.07, 6.45) is 8.20. The van der Waals surface area contributed by atoms with Gasteiger partial charge in [-0.25, -0.2) is 0 Å². The van der Waals surface area contributed by atoms with Gasteiger partial charge in [0, 0.05) is 38.2 Å². The summed E-state index contributed by atoms with van der Waals surface area (Å²) in [6.45, 7) is 7.63. The Hall–Kier alpha value is -2.09. The van der Waals surface area contributed by atoms with Crippen molar-refractivity contribution >= 4 is 40.8 Å². The first-order valence-corrected chi connectivity index (χ1v) is 12.8. The largest absolute Gasteiger partial charge is 0.481 e. The van der Waals surface area contributed by atoms with Crippen LogP contribution in [0.5, 0.6) is 0 Å². The second-order valence-electron chi connectivity index (χ2n) is 9.88. The van der Waals surface area contributed by atoms with E-state index in [4.69, 9.17) is 0 Å². The van der Waals surface area contributed by atoms with Crippen molar-refractivity contribution in [3.8, 4) is 0 Å². The van der Waals surface area contributed by atoms with Gasteiger partial charge >= 0.3 is 5.97 Å². The van der Waals surface area contributed by atoms with Gasteiger partial charge in [0.25, 0.3) is 0 Å². The average molecular weight is 491 g/mol. The van der Waals surface area contributed by atoms with Gasteiger partial charge in [0.15, 0.2) is 10.9 Å². The first kappa shape index (κ1) is 27.2. The zero-order chi connectivity index (χ0) is 24.6. The second kappa shape index (κ2) is 11.9. The maximum absolute atomic E-state index is 12.1. The Labute approximate surface area is 203 Å². The minimum Gasteiger partial charge on any atom is -0.481 e. The average Bonchev–Trinajstić information content (AvgIpc) is 2.71. The summed E-state index contributed by atoms with van der Waals surface area (Å²) in [5, 5.41) is 18.7. The molecule has 0 spiro atoms.